The molecular weight excluding hydrogens is 183 g/mol. The van der Waals surface area contributed by atoms with Crippen LogP contribution in [0.1, 0.15) is 18.7 Å². The molecule has 0 fully saturated rings. The van der Waals surface area contributed by atoms with Crippen LogP contribution in [-0.2, 0) is 0 Å². The standard InChI is InChI=1S/C7H10N2.2ClH/c1-6(8)7-4-2-3-5-9-7;;/h2-6H,8H2,1H3;2*1H/t6-;;/m1../s1. The van der Waals surface area contributed by atoms with E-state index in [2.05, 4.69) is 4.98 Å². The van der Waals surface area contributed by atoms with E-state index < -0.39 is 0 Å². The Morgan fingerprint density at radius 2 is 2.00 bits per heavy atom. The lowest BCUT2D eigenvalue weighted by Crippen LogP contribution is -2.06. The lowest BCUT2D eigenvalue weighted by atomic mass is 10.2. The summed E-state index contributed by atoms with van der Waals surface area (Å²) in [4.78, 5) is 4.05. The molecule has 0 spiro atoms. The lowest BCUT2D eigenvalue weighted by Gasteiger charge is -2.00. The van der Waals surface area contributed by atoms with E-state index in [1.54, 1.807) is 6.20 Å². The summed E-state index contributed by atoms with van der Waals surface area (Å²) >= 11 is 0. The average Bonchev–Trinajstić information content (AvgIpc) is 1.90. The maximum atomic E-state index is 5.55. The molecule has 0 radical (unpaired) electrons. The minimum atomic E-state index is 0. The van der Waals surface area contributed by atoms with Crippen LogP contribution in [0.5, 0.6) is 0 Å². The van der Waals surface area contributed by atoms with E-state index in [1.807, 2.05) is 25.1 Å². The Labute approximate surface area is 79.0 Å². The predicted octanol–water partition coefficient (Wildman–Crippen LogP) is 1.94. The molecule has 1 aromatic rings. The Kier molecular flexibility index (Phi) is 7.74. The van der Waals surface area contributed by atoms with Gasteiger partial charge in [-0.1, -0.05) is 6.07 Å². The van der Waals surface area contributed by atoms with Gasteiger partial charge in [-0.15, -0.1) is 24.8 Å². The Morgan fingerprint density at radius 3 is 2.27 bits per heavy atom. The van der Waals surface area contributed by atoms with Crippen molar-refractivity contribution in [3.63, 3.8) is 0 Å². The first-order valence-electron chi connectivity index (χ1n) is 2.97. The van der Waals surface area contributed by atoms with Crippen molar-refractivity contribution in [2.75, 3.05) is 0 Å². The molecule has 64 valence electrons. The van der Waals surface area contributed by atoms with E-state index in [9.17, 15) is 0 Å². The summed E-state index contributed by atoms with van der Waals surface area (Å²) in [5.74, 6) is 0. The van der Waals surface area contributed by atoms with E-state index >= 15 is 0 Å². The molecule has 1 heterocycles. The molecule has 0 unspecified atom stereocenters. The smallest absolute Gasteiger partial charge is 0.0568 e. The van der Waals surface area contributed by atoms with Crippen molar-refractivity contribution in [1.82, 2.24) is 4.98 Å². The van der Waals surface area contributed by atoms with Crippen molar-refractivity contribution in [2.45, 2.75) is 13.0 Å². The van der Waals surface area contributed by atoms with Gasteiger partial charge in [-0.25, -0.2) is 0 Å². The second kappa shape index (κ2) is 6.40. The molecule has 0 aromatic carbocycles. The monoisotopic (exact) mass is 194 g/mol. The van der Waals surface area contributed by atoms with Gasteiger partial charge in [0.05, 0.1) is 5.69 Å². The molecule has 0 aliphatic rings. The zero-order chi connectivity index (χ0) is 6.69. The van der Waals surface area contributed by atoms with Crippen LogP contribution in [0.2, 0.25) is 0 Å². The van der Waals surface area contributed by atoms with Crippen molar-refractivity contribution >= 4 is 24.8 Å². The summed E-state index contributed by atoms with van der Waals surface area (Å²) < 4.78 is 0. The number of nitrogens with two attached hydrogens (primary N) is 1. The fourth-order valence-corrected chi connectivity index (χ4v) is 0.645. The molecule has 0 aliphatic carbocycles. The summed E-state index contributed by atoms with van der Waals surface area (Å²) in [6.07, 6.45) is 1.75. The van der Waals surface area contributed by atoms with E-state index in [0.717, 1.165) is 5.69 Å². The van der Waals surface area contributed by atoms with Crippen molar-refractivity contribution in [1.29, 1.82) is 0 Å². The van der Waals surface area contributed by atoms with Crippen LogP contribution >= 0.6 is 24.8 Å². The molecule has 0 aliphatic heterocycles. The molecule has 1 rings (SSSR count). The quantitative estimate of drug-likeness (QED) is 0.743. The number of aromatic nitrogens is 1. The van der Waals surface area contributed by atoms with Crippen LogP contribution in [0, 0.1) is 0 Å². The zero-order valence-corrected chi connectivity index (χ0v) is 7.86. The second-order valence-electron chi connectivity index (χ2n) is 2.04. The minimum absolute atomic E-state index is 0. The number of halogens is 2. The van der Waals surface area contributed by atoms with Gasteiger partial charge < -0.3 is 5.73 Å². The van der Waals surface area contributed by atoms with E-state index in [4.69, 9.17) is 5.73 Å². The maximum Gasteiger partial charge on any atom is 0.0568 e. The van der Waals surface area contributed by atoms with Gasteiger partial charge in [0, 0.05) is 12.2 Å². The van der Waals surface area contributed by atoms with Gasteiger partial charge >= 0.3 is 0 Å². The first-order valence-corrected chi connectivity index (χ1v) is 2.97. The third kappa shape index (κ3) is 4.19. The number of rotatable bonds is 1. The third-order valence-corrected chi connectivity index (χ3v) is 1.15. The average molecular weight is 195 g/mol. The zero-order valence-electron chi connectivity index (χ0n) is 6.23. The Balaban J connectivity index is 0. The van der Waals surface area contributed by atoms with Crippen LogP contribution in [0.25, 0.3) is 0 Å². The van der Waals surface area contributed by atoms with Crippen molar-refractivity contribution in [3.8, 4) is 0 Å². The molecule has 1 aromatic heterocycles. The van der Waals surface area contributed by atoms with Crippen molar-refractivity contribution in [3.05, 3.63) is 30.1 Å². The van der Waals surface area contributed by atoms with Crippen LogP contribution < -0.4 is 5.73 Å². The van der Waals surface area contributed by atoms with Gasteiger partial charge in [0.15, 0.2) is 0 Å². The van der Waals surface area contributed by atoms with Crippen molar-refractivity contribution < 1.29 is 0 Å². The molecule has 0 saturated carbocycles. The molecule has 2 nitrogen and oxygen atoms in total. The largest absolute Gasteiger partial charge is 0.323 e. The third-order valence-electron chi connectivity index (χ3n) is 1.15. The number of pyridine rings is 1. The summed E-state index contributed by atoms with van der Waals surface area (Å²) in [6, 6.07) is 5.79. The SMILES string of the molecule is C[C@@H](N)c1ccccn1.Cl.Cl. The fraction of sp³-hybridized carbons (Fsp3) is 0.286. The Morgan fingerprint density at radius 1 is 1.36 bits per heavy atom. The predicted molar refractivity (Wildman–Crippen MR) is 51.3 cm³/mol. The summed E-state index contributed by atoms with van der Waals surface area (Å²) in [5.41, 5.74) is 6.49. The minimum Gasteiger partial charge on any atom is -0.323 e. The Hall–Kier alpha value is -0.310. The molecule has 1 atom stereocenters. The molecule has 0 amide bonds. The number of hydrogen-bond donors (Lipinski definition) is 1. The first kappa shape index (κ1) is 13.3. The molecule has 4 heteroatoms. The lowest BCUT2D eigenvalue weighted by molar-refractivity contribution is 0.781. The van der Waals surface area contributed by atoms with Crippen LogP contribution in [0.4, 0.5) is 0 Å². The summed E-state index contributed by atoms with van der Waals surface area (Å²) in [7, 11) is 0. The summed E-state index contributed by atoms with van der Waals surface area (Å²) in [5, 5.41) is 0. The van der Waals surface area contributed by atoms with Crippen LogP contribution in [-0.4, -0.2) is 4.98 Å². The molecular formula is C7H12Cl2N2. The van der Waals surface area contributed by atoms with Crippen LogP contribution in [0.3, 0.4) is 0 Å². The molecule has 0 saturated heterocycles. The fourth-order valence-electron chi connectivity index (χ4n) is 0.645. The van der Waals surface area contributed by atoms with Gasteiger partial charge in [0.1, 0.15) is 0 Å². The number of nitrogens with zero attached hydrogens (tertiary/aromatic N) is 1. The topological polar surface area (TPSA) is 38.9 Å². The second-order valence-corrected chi connectivity index (χ2v) is 2.04. The summed E-state index contributed by atoms with van der Waals surface area (Å²) in [6.45, 7) is 1.92. The molecule has 2 N–H and O–H groups in total. The maximum absolute atomic E-state index is 5.55. The number of hydrogen-bond acceptors (Lipinski definition) is 2. The molecule has 11 heavy (non-hydrogen) atoms. The molecule has 0 bridgehead atoms. The van der Waals surface area contributed by atoms with Gasteiger partial charge in [0.2, 0.25) is 0 Å². The van der Waals surface area contributed by atoms with E-state index in [-0.39, 0.29) is 30.9 Å². The highest BCUT2D eigenvalue weighted by molar-refractivity contribution is 5.85. The van der Waals surface area contributed by atoms with Crippen molar-refractivity contribution in [2.24, 2.45) is 5.73 Å². The van der Waals surface area contributed by atoms with E-state index in [0.29, 0.717) is 0 Å². The van der Waals surface area contributed by atoms with Gasteiger partial charge in [0.25, 0.3) is 0 Å². The first-order chi connectivity index (χ1) is 4.30. The van der Waals surface area contributed by atoms with Crippen LogP contribution in [0.15, 0.2) is 24.4 Å². The highest BCUT2D eigenvalue weighted by atomic mass is 35.5. The highest BCUT2D eigenvalue weighted by Crippen LogP contribution is 2.02. The van der Waals surface area contributed by atoms with Gasteiger partial charge in [-0.05, 0) is 19.1 Å². The normalized spacial score (nSPS) is 10.7. The Bertz CT molecular complexity index is 177. The van der Waals surface area contributed by atoms with Gasteiger partial charge in [-0.2, -0.15) is 0 Å². The highest BCUT2D eigenvalue weighted by Gasteiger charge is 1.95. The van der Waals surface area contributed by atoms with Gasteiger partial charge in [-0.3, -0.25) is 4.98 Å². The van der Waals surface area contributed by atoms with E-state index in [1.165, 1.54) is 0 Å².